The molecular weight excluding hydrogens is 377 g/mol. The summed E-state index contributed by atoms with van der Waals surface area (Å²) in [5.74, 6) is 1.59. The average molecular weight is 400 g/mol. The van der Waals surface area contributed by atoms with Crippen molar-refractivity contribution in [3.8, 4) is 5.75 Å². The van der Waals surface area contributed by atoms with E-state index in [0.29, 0.717) is 11.3 Å². The van der Waals surface area contributed by atoms with E-state index in [2.05, 4.69) is 4.90 Å². The summed E-state index contributed by atoms with van der Waals surface area (Å²) in [6.07, 6.45) is 0.525. The highest BCUT2D eigenvalue weighted by atomic mass is 19.4. The number of benzene rings is 2. The van der Waals surface area contributed by atoms with Crippen molar-refractivity contribution in [3.05, 3.63) is 65.7 Å². The first-order chi connectivity index (χ1) is 14.0. The molecule has 0 amide bonds. The summed E-state index contributed by atoms with van der Waals surface area (Å²) >= 11 is 0. The molecule has 0 N–H and O–H groups in total. The summed E-state index contributed by atoms with van der Waals surface area (Å²) in [5.41, 5.74) is 0.801. The average Bonchev–Trinajstić information content (AvgIpc) is 3.01. The fourth-order valence-corrected chi connectivity index (χ4v) is 3.65. The number of anilines is 1. The number of para-hydroxylation sites is 1. The largest absolute Gasteiger partial charge is 0.487 e. The molecule has 29 heavy (non-hydrogen) atoms. The summed E-state index contributed by atoms with van der Waals surface area (Å²) in [4.78, 5) is 7.17. The van der Waals surface area contributed by atoms with Crippen molar-refractivity contribution in [2.75, 3.05) is 18.0 Å². The van der Waals surface area contributed by atoms with E-state index in [1.165, 1.54) is 37.8 Å². The van der Waals surface area contributed by atoms with E-state index in [0.717, 1.165) is 41.9 Å². The molecule has 0 saturated carbocycles. The molecule has 1 fully saturated rings. The van der Waals surface area contributed by atoms with Crippen LogP contribution in [0.4, 0.5) is 19.0 Å². The maximum Gasteiger partial charge on any atom is 0.416 e. The van der Waals surface area contributed by atoms with Gasteiger partial charge in [-0.05, 0) is 48.7 Å². The second kappa shape index (κ2) is 8.31. The van der Waals surface area contributed by atoms with E-state index in [1.54, 1.807) is 0 Å². The number of hydrogen-bond acceptors (Lipinski definition) is 3. The summed E-state index contributed by atoms with van der Waals surface area (Å²) in [5, 5.41) is 0.980. The Balaban J connectivity index is 1.54. The Morgan fingerprint density at radius 2 is 1.59 bits per heavy atom. The highest BCUT2D eigenvalue weighted by Gasteiger charge is 2.29. The number of ether oxygens (including phenoxy) is 1. The van der Waals surface area contributed by atoms with Gasteiger partial charge in [-0.25, -0.2) is 4.98 Å². The van der Waals surface area contributed by atoms with Gasteiger partial charge in [0.2, 0.25) is 0 Å². The molecule has 0 radical (unpaired) electrons. The molecule has 3 nitrogen and oxygen atoms in total. The van der Waals surface area contributed by atoms with Crippen molar-refractivity contribution in [1.29, 1.82) is 0 Å². The van der Waals surface area contributed by atoms with Crippen LogP contribution < -0.4 is 9.64 Å². The van der Waals surface area contributed by atoms with Gasteiger partial charge in [-0.2, -0.15) is 13.2 Å². The van der Waals surface area contributed by atoms with Gasteiger partial charge in [-0.3, -0.25) is 0 Å². The van der Waals surface area contributed by atoms with E-state index < -0.39 is 11.7 Å². The third-order valence-electron chi connectivity index (χ3n) is 5.27. The number of nitrogens with zero attached hydrogens (tertiary/aromatic N) is 2. The molecule has 2 aromatic carbocycles. The van der Waals surface area contributed by atoms with E-state index >= 15 is 0 Å². The molecule has 2 heterocycles. The number of pyridine rings is 1. The number of hydrogen-bond donors (Lipinski definition) is 0. The van der Waals surface area contributed by atoms with Crippen LogP contribution >= 0.6 is 0 Å². The summed E-state index contributed by atoms with van der Waals surface area (Å²) < 4.78 is 44.1. The lowest BCUT2D eigenvalue weighted by atomic mass is 10.1. The van der Waals surface area contributed by atoms with Crippen LogP contribution in [0.15, 0.2) is 54.6 Å². The SMILES string of the molecule is FC(F)(F)c1ccc(COc2cccc3ccc(N4CCCCCC4)nc23)cc1. The monoisotopic (exact) mass is 400 g/mol. The number of aromatic nitrogens is 1. The fraction of sp³-hybridized carbons (Fsp3) is 0.348. The number of alkyl halides is 3. The highest BCUT2D eigenvalue weighted by molar-refractivity contribution is 5.86. The van der Waals surface area contributed by atoms with Crippen molar-refractivity contribution >= 4 is 16.7 Å². The third-order valence-corrected chi connectivity index (χ3v) is 5.27. The van der Waals surface area contributed by atoms with E-state index in [-0.39, 0.29) is 6.61 Å². The number of rotatable bonds is 4. The molecule has 3 aromatic rings. The number of fused-ring (bicyclic) bond motifs is 1. The zero-order chi connectivity index (χ0) is 20.3. The van der Waals surface area contributed by atoms with Gasteiger partial charge in [0.25, 0.3) is 0 Å². The summed E-state index contributed by atoms with van der Waals surface area (Å²) in [7, 11) is 0. The zero-order valence-electron chi connectivity index (χ0n) is 16.1. The lowest BCUT2D eigenvalue weighted by molar-refractivity contribution is -0.137. The Morgan fingerprint density at radius 1 is 0.862 bits per heavy atom. The first-order valence-corrected chi connectivity index (χ1v) is 9.94. The van der Waals surface area contributed by atoms with Gasteiger partial charge >= 0.3 is 6.18 Å². The minimum absolute atomic E-state index is 0.187. The minimum Gasteiger partial charge on any atom is -0.487 e. The van der Waals surface area contributed by atoms with Crippen LogP contribution in [-0.4, -0.2) is 18.1 Å². The topological polar surface area (TPSA) is 25.4 Å². The maximum absolute atomic E-state index is 12.7. The Labute approximate surface area is 168 Å². The molecule has 1 aliphatic rings. The van der Waals surface area contributed by atoms with Crippen LogP contribution in [0.5, 0.6) is 5.75 Å². The van der Waals surface area contributed by atoms with Crippen LogP contribution in [0.1, 0.15) is 36.8 Å². The van der Waals surface area contributed by atoms with E-state index in [1.807, 2.05) is 30.3 Å². The van der Waals surface area contributed by atoms with Crippen LogP contribution in [-0.2, 0) is 12.8 Å². The standard InChI is InChI=1S/C23H23F3N2O/c24-23(25,26)19-11-8-17(9-12-19)16-29-20-7-5-6-18-10-13-21(27-22(18)20)28-14-3-1-2-4-15-28/h5-13H,1-4,14-16H2. The van der Waals surface area contributed by atoms with Crippen LogP contribution in [0, 0.1) is 0 Å². The Hall–Kier alpha value is -2.76. The fourth-order valence-electron chi connectivity index (χ4n) is 3.65. The lowest BCUT2D eigenvalue weighted by Gasteiger charge is -2.22. The maximum atomic E-state index is 12.7. The summed E-state index contributed by atoms with van der Waals surface area (Å²) in [6, 6.07) is 14.9. The van der Waals surface area contributed by atoms with Crippen LogP contribution in [0.2, 0.25) is 0 Å². The van der Waals surface area contributed by atoms with Gasteiger partial charge in [0, 0.05) is 18.5 Å². The van der Waals surface area contributed by atoms with E-state index in [9.17, 15) is 13.2 Å². The second-order valence-electron chi connectivity index (χ2n) is 7.38. The van der Waals surface area contributed by atoms with Crippen molar-refractivity contribution < 1.29 is 17.9 Å². The first-order valence-electron chi connectivity index (χ1n) is 9.94. The molecule has 4 rings (SSSR count). The molecule has 1 saturated heterocycles. The van der Waals surface area contributed by atoms with Crippen LogP contribution in [0.3, 0.4) is 0 Å². The predicted octanol–water partition coefficient (Wildman–Crippen LogP) is 6.21. The normalized spacial score (nSPS) is 15.3. The molecule has 0 atom stereocenters. The quantitative estimate of drug-likeness (QED) is 0.520. The zero-order valence-corrected chi connectivity index (χ0v) is 16.1. The van der Waals surface area contributed by atoms with Crippen molar-refractivity contribution in [3.63, 3.8) is 0 Å². The molecule has 1 aromatic heterocycles. The molecule has 0 unspecified atom stereocenters. The van der Waals surface area contributed by atoms with Crippen LogP contribution in [0.25, 0.3) is 10.9 Å². The van der Waals surface area contributed by atoms with Gasteiger partial charge in [-0.15, -0.1) is 0 Å². The Bertz CT molecular complexity index is 962. The van der Waals surface area contributed by atoms with Gasteiger partial charge in [0.15, 0.2) is 0 Å². The molecule has 6 heteroatoms. The number of halogens is 3. The van der Waals surface area contributed by atoms with Crippen molar-refractivity contribution in [2.45, 2.75) is 38.5 Å². The molecule has 152 valence electrons. The molecule has 0 aliphatic carbocycles. The highest BCUT2D eigenvalue weighted by Crippen LogP contribution is 2.30. The molecular formula is C23H23F3N2O. The molecule has 0 spiro atoms. The van der Waals surface area contributed by atoms with Gasteiger partial charge in [0.1, 0.15) is 23.7 Å². The molecule has 1 aliphatic heterocycles. The first kappa shape index (κ1) is 19.6. The third kappa shape index (κ3) is 4.63. The smallest absolute Gasteiger partial charge is 0.416 e. The van der Waals surface area contributed by atoms with E-state index in [4.69, 9.17) is 9.72 Å². The Kier molecular flexibility index (Phi) is 5.60. The Morgan fingerprint density at radius 3 is 2.28 bits per heavy atom. The van der Waals surface area contributed by atoms with Crippen molar-refractivity contribution in [2.24, 2.45) is 0 Å². The van der Waals surface area contributed by atoms with Gasteiger partial charge in [-0.1, -0.05) is 37.1 Å². The molecule has 0 bridgehead atoms. The minimum atomic E-state index is -4.33. The van der Waals surface area contributed by atoms with Crippen molar-refractivity contribution in [1.82, 2.24) is 4.98 Å². The predicted molar refractivity (Wildman–Crippen MR) is 108 cm³/mol. The van der Waals surface area contributed by atoms with Gasteiger partial charge < -0.3 is 9.64 Å². The second-order valence-corrected chi connectivity index (χ2v) is 7.38. The lowest BCUT2D eigenvalue weighted by Crippen LogP contribution is -2.24. The summed E-state index contributed by atoms with van der Waals surface area (Å²) in [6.45, 7) is 2.20. The van der Waals surface area contributed by atoms with Gasteiger partial charge in [0.05, 0.1) is 5.56 Å².